The molecule has 0 saturated carbocycles. The highest BCUT2D eigenvalue weighted by molar-refractivity contribution is 5.91. The summed E-state index contributed by atoms with van der Waals surface area (Å²) in [5.41, 5.74) is 2.12. The Morgan fingerprint density at radius 1 is 1.25 bits per heavy atom. The second kappa shape index (κ2) is 7.31. The van der Waals surface area contributed by atoms with Crippen molar-refractivity contribution in [3.63, 3.8) is 0 Å². The third-order valence-corrected chi connectivity index (χ3v) is 2.81. The number of nitrogens with one attached hydrogen (secondary N) is 1. The predicted octanol–water partition coefficient (Wildman–Crippen LogP) is 2.76. The van der Waals surface area contributed by atoms with E-state index in [0.29, 0.717) is 18.9 Å². The summed E-state index contributed by atoms with van der Waals surface area (Å²) in [4.78, 5) is 11.7. The Kier molecular flexibility index (Phi) is 5.15. The Morgan fingerprint density at radius 3 is 2.75 bits per heavy atom. The van der Waals surface area contributed by atoms with Crippen LogP contribution in [-0.2, 0) is 22.7 Å². The van der Waals surface area contributed by atoms with E-state index in [0.717, 1.165) is 11.1 Å². The maximum atomic E-state index is 11.7. The summed E-state index contributed by atoms with van der Waals surface area (Å²) in [7, 11) is 1.65. The van der Waals surface area contributed by atoms with Crippen LogP contribution in [0.25, 0.3) is 6.08 Å². The first-order valence-electron chi connectivity index (χ1n) is 6.34. The number of ether oxygens (including phenoxy) is 1. The number of amides is 1. The molecule has 0 unspecified atom stereocenters. The molecule has 1 amide bonds. The Morgan fingerprint density at radius 2 is 2.05 bits per heavy atom. The molecule has 0 spiro atoms. The van der Waals surface area contributed by atoms with Crippen LogP contribution < -0.4 is 5.32 Å². The van der Waals surface area contributed by atoms with Crippen LogP contribution in [0.4, 0.5) is 0 Å². The lowest BCUT2D eigenvalue weighted by Crippen LogP contribution is -2.21. The highest BCUT2D eigenvalue weighted by Crippen LogP contribution is 2.09. The zero-order valence-corrected chi connectivity index (χ0v) is 11.3. The lowest BCUT2D eigenvalue weighted by molar-refractivity contribution is -0.116. The van der Waals surface area contributed by atoms with Crippen molar-refractivity contribution < 1.29 is 13.9 Å². The van der Waals surface area contributed by atoms with Gasteiger partial charge in [-0.2, -0.15) is 0 Å². The van der Waals surface area contributed by atoms with E-state index in [1.807, 2.05) is 24.3 Å². The van der Waals surface area contributed by atoms with Gasteiger partial charge in [-0.1, -0.05) is 24.3 Å². The largest absolute Gasteiger partial charge is 0.465 e. The first-order valence-corrected chi connectivity index (χ1v) is 6.34. The van der Waals surface area contributed by atoms with Crippen molar-refractivity contribution in [1.82, 2.24) is 5.32 Å². The summed E-state index contributed by atoms with van der Waals surface area (Å²) in [5, 5.41) is 2.84. The van der Waals surface area contributed by atoms with Crippen LogP contribution in [0, 0.1) is 0 Å². The average Bonchev–Trinajstić information content (AvgIpc) is 2.98. The molecule has 1 aromatic carbocycles. The van der Waals surface area contributed by atoms with Crippen molar-refractivity contribution in [3.05, 3.63) is 65.6 Å². The summed E-state index contributed by atoms with van der Waals surface area (Å²) in [6.45, 7) is 1.01. The number of rotatable bonds is 6. The van der Waals surface area contributed by atoms with E-state index in [9.17, 15) is 4.79 Å². The third-order valence-electron chi connectivity index (χ3n) is 2.81. The summed E-state index contributed by atoms with van der Waals surface area (Å²) in [6, 6.07) is 11.4. The molecule has 1 aromatic heterocycles. The van der Waals surface area contributed by atoms with E-state index in [-0.39, 0.29) is 5.91 Å². The molecule has 1 N–H and O–H groups in total. The smallest absolute Gasteiger partial charge is 0.244 e. The molecule has 0 atom stereocenters. The van der Waals surface area contributed by atoms with Crippen LogP contribution in [0.15, 0.2) is 53.2 Å². The number of benzene rings is 1. The van der Waals surface area contributed by atoms with Gasteiger partial charge < -0.3 is 14.5 Å². The van der Waals surface area contributed by atoms with Crippen molar-refractivity contribution in [2.45, 2.75) is 13.2 Å². The minimum absolute atomic E-state index is 0.159. The molecule has 2 rings (SSSR count). The van der Waals surface area contributed by atoms with E-state index in [1.165, 1.54) is 6.08 Å². The van der Waals surface area contributed by atoms with Gasteiger partial charge in [0.1, 0.15) is 5.76 Å². The molecule has 0 saturated heterocycles. The summed E-state index contributed by atoms with van der Waals surface area (Å²) in [5.74, 6) is 0.494. The average molecular weight is 271 g/mol. The minimum Gasteiger partial charge on any atom is -0.465 e. The van der Waals surface area contributed by atoms with Gasteiger partial charge in [0, 0.05) is 19.7 Å². The van der Waals surface area contributed by atoms with Gasteiger partial charge in [-0.15, -0.1) is 0 Å². The molecule has 2 aromatic rings. The fourth-order valence-electron chi connectivity index (χ4n) is 1.81. The normalized spacial score (nSPS) is 10.8. The van der Waals surface area contributed by atoms with E-state index >= 15 is 0 Å². The number of carbonyl (C=O) groups excluding carboxylic acids is 1. The molecule has 0 fully saturated rings. The van der Waals surface area contributed by atoms with Crippen LogP contribution in [0.5, 0.6) is 0 Å². The number of hydrogen-bond acceptors (Lipinski definition) is 3. The molecule has 0 aliphatic carbocycles. The first kappa shape index (κ1) is 14.1. The maximum Gasteiger partial charge on any atom is 0.244 e. The van der Waals surface area contributed by atoms with E-state index < -0.39 is 0 Å². The highest BCUT2D eigenvalue weighted by Gasteiger charge is 2.02. The standard InChI is InChI=1S/C16H17NO3/c1-19-12-14-6-3-2-5-13(14)11-17-16(18)9-8-15-7-4-10-20-15/h2-10H,11-12H2,1H3,(H,17,18)/b9-8+. The monoisotopic (exact) mass is 271 g/mol. The molecule has 104 valence electrons. The number of furan rings is 1. The van der Waals surface area contributed by atoms with E-state index in [2.05, 4.69) is 5.32 Å². The number of methoxy groups -OCH3 is 1. The Bertz CT molecular complexity index is 573. The second-order valence-corrected chi connectivity index (χ2v) is 4.27. The van der Waals surface area contributed by atoms with Crippen molar-refractivity contribution in [2.75, 3.05) is 7.11 Å². The first-order chi connectivity index (χ1) is 9.79. The van der Waals surface area contributed by atoms with Gasteiger partial charge in [0.05, 0.1) is 12.9 Å². The zero-order valence-electron chi connectivity index (χ0n) is 11.3. The van der Waals surface area contributed by atoms with Gasteiger partial charge in [0.25, 0.3) is 0 Å². The molecule has 0 aliphatic rings. The van der Waals surface area contributed by atoms with Crippen LogP contribution >= 0.6 is 0 Å². The van der Waals surface area contributed by atoms with Crippen molar-refractivity contribution in [3.8, 4) is 0 Å². The van der Waals surface area contributed by atoms with Crippen molar-refractivity contribution in [1.29, 1.82) is 0 Å². The summed E-state index contributed by atoms with van der Waals surface area (Å²) in [6.07, 6.45) is 4.66. The Hall–Kier alpha value is -2.33. The van der Waals surface area contributed by atoms with Gasteiger partial charge in [0.15, 0.2) is 0 Å². The van der Waals surface area contributed by atoms with Crippen molar-refractivity contribution >= 4 is 12.0 Å². The number of hydrogen-bond donors (Lipinski definition) is 1. The van der Waals surface area contributed by atoms with Gasteiger partial charge >= 0.3 is 0 Å². The van der Waals surface area contributed by atoms with Gasteiger partial charge in [-0.25, -0.2) is 0 Å². The second-order valence-electron chi connectivity index (χ2n) is 4.27. The minimum atomic E-state index is -0.159. The third kappa shape index (κ3) is 4.10. The molecular formula is C16H17NO3. The lowest BCUT2D eigenvalue weighted by atomic mass is 10.1. The quantitative estimate of drug-likeness (QED) is 0.822. The molecule has 0 bridgehead atoms. The van der Waals surface area contributed by atoms with Crippen LogP contribution in [0.3, 0.4) is 0 Å². The molecule has 1 heterocycles. The summed E-state index contributed by atoms with van der Waals surface area (Å²) < 4.78 is 10.2. The van der Waals surface area contributed by atoms with Crippen LogP contribution in [0.1, 0.15) is 16.9 Å². The molecular weight excluding hydrogens is 254 g/mol. The van der Waals surface area contributed by atoms with Crippen LogP contribution in [0.2, 0.25) is 0 Å². The van der Waals surface area contributed by atoms with Crippen LogP contribution in [-0.4, -0.2) is 13.0 Å². The zero-order chi connectivity index (χ0) is 14.2. The Labute approximate surface area is 118 Å². The predicted molar refractivity (Wildman–Crippen MR) is 76.7 cm³/mol. The summed E-state index contributed by atoms with van der Waals surface area (Å²) >= 11 is 0. The molecule has 20 heavy (non-hydrogen) atoms. The van der Waals surface area contributed by atoms with Gasteiger partial charge in [0.2, 0.25) is 5.91 Å². The van der Waals surface area contributed by atoms with E-state index in [4.69, 9.17) is 9.15 Å². The van der Waals surface area contributed by atoms with Gasteiger partial charge in [-0.05, 0) is 29.3 Å². The SMILES string of the molecule is COCc1ccccc1CNC(=O)/C=C/c1ccco1. The maximum absolute atomic E-state index is 11.7. The van der Waals surface area contributed by atoms with Crippen molar-refractivity contribution in [2.24, 2.45) is 0 Å². The number of carbonyl (C=O) groups is 1. The molecule has 0 aliphatic heterocycles. The van der Waals surface area contributed by atoms with E-state index in [1.54, 1.807) is 31.6 Å². The lowest BCUT2D eigenvalue weighted by Gasteiger charge is -2.08. The fourth-order valence-corrected chi connectivity index (χ4v) is 1.81. The molecule has 0 radical (unpaired) electrons. The van der Waals surface area contributed by atoms with Gasteiger partial charge in [-0.3, -0.25) is 4.79 Å². The fraction of sp³-hybridized carbons (Fsp3) is 0.188. The molecule has 4 nitrogen and oxygen atoms in total. The topological polar surface area (TPSA) is 51.5 Å². The highest BCUT2D eigenvalue weighted by atomic mass is 16.5. The Balaban J connectivity index is 1.90. The molecule has 4 heteroatoms.